The van der Waals surface area contributed by atoms with Crippen molar-refractivity contribution in [3.8, 4) is 0 Å². The van der Waals surface area contributed by atoms with Crippen molar-refractivity contribution in [3.05, 3.63) is 12.2 Å². The second kappa shape index (κ2) is 6.29. The molecule has 0 heterocycles. The van der Waals surface area contributed by atoms with Gasteiger partial charge in [-0.1, -0.05) is 31.9 Å². The molecule has 1 fully saturated rings. The fraction of sp³-hybridized carbons (Fsp3) is 0.846. The largest absolute Gasteiger partial charge is 0.327 e. The Morgan fingerprint density at radius 3 is 2.60 bits per heavy atom. The van der Waals surface area contributed by atoms with Crippen molar-refractivity contribution >= 4 is 0 Å². The van der Waals surface area contributed by atoms with Gasteiger partial charge in [0.25, 0.3) is 0 Å². The van der Waals surface area contributed by atoms with Crippen LogP contribution in [0.1, 0.15) is 39.5 Å². The van der Waals surface area contributed by atoms with Crippen molar-refractivity contribution in [3.63, 3.8) is 0 Å². The molecule has 88 valence electrons. The maximum absolute atomic E-state index is 6.16. The maximum Gasteiger partial charge on any atom is 0.0187 e. The molecule has 2 nitrogen and oxygen atoms in total. The minimum Gasteiger partial charge on any atom is -0.327 e. The van der Waals surface area contributed by atoms with E-state index in [4.69, 9.17) is 5.73 Å². The number of nitrogens with two attached hydrogens (primary N) is 1. The molecule has 0 radical (unpaired) electrons. The summed E-state index contributed by atoms with van der Waals surface area (Å²) in [6.45, 7) is 11.6. The van der Waals surface area contributed by atoms with Crippen LogP contribution in [0.3, 0.4) is 0 Å². The van der Waals surface area contributed by atoms with Crippen LogP contribution in [-0.2, 0) is 0 Å². The van der Waals surface area contributed by atoms with Crippen molar-refractivity contribution in [1.29, 1.82) is 0 Å². The molecule has 1 saturated carbocycles. The van der Waals surface area contributed by atoms with Crippen molar-refractivity contribution in [2.45, 2.75) is 45.6 Å². The summed E-state index contributed by atoms with van der Waals surface area (Å²) in [4.78, 5) is 2.47. The van der Waals surface area contributed by atoms with Gasteiger partial charge in [0, 0.05) is 19.1 Å². The van der Waals surface area contributed by atoms with Crippen LogP contribution in [-0.4, -0.2) is 30.6 Å². The van der Waals surface area contributed by atoms with Gasteiger partial charge >= 0.3 is 0 Å². The van der Waals surface area contributed by atoms with Gasteiger partial charge in [-0.3, -0.25) is 4.90 Å². The van der Waals surface area contributed by atoms with Crippen molar-refractivity contribution in [2.24, 2.45) is 11.7 Å². The average Bonchev–Trinajstić information content (AvgIpc) is 2.19. The lowest BCUT2D eigenvalue weighted by molar-refractivity contribution is 0.201. The molecule has 2 atom stereocenters. The van der Waals surface area contributed by atoms with Crippen LogP contribution in [0, 0.1) is 5.92 Å². The number of rotatable bonds is 5. The van der Waals surface area contributed by atoms with Crippen LogP contribution >= 0.6 is 0 Å². The highest BCUT2D eigenvalue weighted by Gasteiger charge is 2.23. The lowest BCUT2D eigenvalue weighted by atomic mass is 9.84. The number of hydrogen-bond donors (Lipinski definition) is 1. The summed E-state index contributed by atoms with van der Waals surface area (Å²) in [5, 5.41) is 0. The summed E-state index contributed by atoms with van der Waals surface area (Å²) in [6, 6.07) is 0.429. The summed E-state index contributed by atoms with van der Waals surface area (Å²) < 4.78 is 0. The molecule has 0 spiro atoms. The van der Waals surface area contributed by atoms with E-state index in [1.54, 1.807) is 0 Å². The Kier molecular flexibility index (Phi) is 5.34. The van der Waals surface area contributed by atoms with Crippen LogP contribution in [0.2, 0.25) is 0 Å². The van der Waals surface area contributed by atoms with Crippen molar-refractivity contribution < 1.29 is 0 Å². The summed E-state index contributed by atoms with van der Waals surface area (Å²) in [5.74, 6) is 0.707. The number of nitrogens with zero attached hydrogens (tertiary/aromatic N) is 1. The quantitative estimate of drug-likeness (QED) is 0.706. The third-order valence-electron chi connectivity index (χ3n) is 3.40. The Labute approximate surface area is 94.5 Å². The Morgan fingerprint density at radius 2 is 2.07 bits per heavy atom. The third kappa shape index (κ3) is 4.35. The first-order valence-electron chi connectivity index (χ1n) is 6.25. The second-order valence-electron chi connectivity index (χ2n) is 4.99. The average molecular weight is 210 g/mol. The molecule has 0 aromatic heterocycles. The van der Waals surface area contributed by atoms with Crippen molar-refractivity contribution in [1.82, 2.24) is 4.90 Å². The van der Waals surface area contributed by atoms with Crippen LogP contribution in [0.25, 0.3) is 0 Å². The molecule has 15 heavy (non-hydrogen) atoms. The lowest BCUT2D eigenvalue weighted by Gasteiger charge is -2.33. The van der Waals surface area contributed by atoms with Gasteiger partial charge in [0.2, 0.25) is 0 Å². The number of likely N-dealkylation sites (N-methyl/N-ethyl adjacent to an activating group) is 1. The Bertz CT molecular complexity index is 201. The summed E-state index contributed by atoms with van der Waals surface area (Å²) in [7, 11) is 0. The van der Waals surface area contributed by atoms with Gasteiger partial charge in [0.15, 0.2) is 0 Å². The fourth-order valence-electron chi connectivity index (χ4n) is 2.48. The Balaban J connectivity index is 2.38. The van der Waals surface area contributed by atoms with Gasteiger partial charge in [-0.05, 0) is 32.2 Å². The predicted molar refractivity (Wildman–Crippen MR) is 66.9 cm³/mol. The molecule has 0 aliphatic heterocycles. The van der Waals surface area contributed by atoms with E-state index in [0.29, 0.717) is 12.0 Å². The first-order valence-corrected chi connectivity index (χ1v) is 6.25. The van der Waals surface area contributed by atoms with E-state index in [1.165, 1.54) is 31.3 Å². The SMILES string of the molecule is C=C(C)CN(CC)CC1CCCCC1N. The molecule has 2 unspecified atom stereocenters. The first-order chi connectivity index (χ1) is 7.13. The monoisotopic (exact) mass is 210 g/mol. The molecule has 0 amide bonds. The molecule has 1 aliphatic rings. The molecule has 0 aromatic rings. The topological polar surface area (TPSA) is 29.3 Å². The Hall–Kier alpha value is -0.340. The zero-order chi connectivity index (χ0) is 11.3. The van der Waals surface area contributed by atoms with E-state index in [0.717, 1.165) is 19.6 Å². The van der Waals surface area contributed by atoms with E-state index >= 15 is 0 Å². The minimum atomic E-state index is 0.429. The first kappa shape index (κ1) is 12.7. The van der Waals surface area contributed by atoms with Gasteiger partial charge in [0.05, 0.1) is 0 Å². The van der Waals surface area contributed by atoms with Crippen LogP contribution in [0.15, 0.2) is 12.2 Å². The highest BCUT2D eigenvalue weighted by Crippen LogP contribution is 2.23. The molecular weight excluding hydrogens is 184 g/mol. The maximum atomic E-state index is 6.16. The van der Waals surface area contributed by atoms with Gasteiger partial charge in [0.1, 0.15) is 0 Å². The fourth-order valence-corrected chi connectivity index (χ4v) is 2.48. The zero-order valence-corrected chi connectivity index (χ0v) is 10.3. The van der Waals surface area contributed by atoms with Crippen molar-refractivity contribution in [2.75, 3.05) is 19.6 Å². The molecular formula is C13H26N2. The zero-order valence-electron chi connectivity index (χ0n) is 10.3. The summed E-state index contributed by atoms with van der Waals surface area (Å²) in [6.07, 6.45) is 5.22. The van der Waals surface area contributed by atoms with Gasteiger partial charge in [-0.2, -0.15) is 0 Å². The molecule has 0 bridgehead atoms. The smallest absolute Gasteiger partial charge is 0.0187 e. The second-order valence-corrected chi connectivity index (χ2v) is 4.99. The Morgan fingerprint density at radius 1 is 1.40 bits per heavy atom. The van der Waals surface area contributed by atoms with Crippen LogP contribution in [0.4, 0.5) is 0 Å². The van der Waals surface area contributed by atoms with E-state index in [-0.39, 0.29) is 0 Å². The summed E-state index contributed by atoms with van der Waals surface area (Å²) >= 11 is 0. The lowest BCUT2D eigenvalue weighted by Crippen LogP contribution is -2.41. The number of hydrogen-bond acceptors (Lipinski definition) is 2. The summed E-state index contributed by atoms with van der Waals surface area (Å²) in [5.41, 5.74) is 7.41. The highest BCUT2D eigenvalue weighted by molar-refractivity contribution is 4.92. The predicted octanol–water partition coefficient (Wildman–Crippen LogP) is 2.40. The normalized spacial score (nSPS) is 26.9. The van der Waals surface area contributed by atoms with Crippen LogP contribution in [0.5, 0.6) is 0 Å². The standard InChI is InChI=1S/C13H26N2/c1-4-15(9-11(2)3)10-12-7-5-6-8-13(12)14/h12-13H,2,4-10,14H2,1,3H3. The molecule has 1 aliphatic carbocycles. The van der Waals surface area contributed by atoms with E-state index < -0.39 is 0 Å². The molecule has 0 aromatic carbocycles. The van der Waals surface area contributed by atoms with Gasteiger partial charge in [-0.15, -0.1) is 0 Å². The van der Waals surface area contributed by atoms with E-state index in [2.05, 4.69) is 25.3 Å². The third-order valence-corrected chi connectivity index (χ3v) is 3.40. The van der Waals surface area contributed by atoms with Gasteiger partial charge < -0.3 is 5.73 Å². The minimum absolute atomic E-state index is 0.429. The van der Waals surface area contributed by atoms with E-state index in [9.17, 15) is 0 Å². The van der Waals surface area contributed by atoms with E-state index in [1.807, 2.05) is 0 Å². The molecule has 0 saturated heterocycles. The molecule has 2 heteroatoms. The molecule has 1 rings (SSSR count). The molecule has 2 N–H and O–H groups in total. The van der Waals surface area contributed by atoms with Gasteiger partial charge in [-0.25, -0.2) is 0 Å². The highest BCUT2D eigenvalue weighted by atomic mass is 15.1. The van der Waals surface area contributed by atoms with Crippen LogP contribution < -0.4 is 5.73 Å².